The normalized spacial score (nSPS) is 24.1. The maximum atomic E-state index is 14.1. The van der Waals surface area contributed by atoms with Gasteiger partial charge in [0.05, 0.1) is 0 Å². The lowest BCUT2D eigenvalue weighted by Crippen LogP contribution is -2.48. The van der Waals surface area contributed by atoms with Gasteiger partial charge in [-0.2, -0.15) is 0 Å². The van der Waals surface area contributed by atoms with E-state index in [2.05, 4.69) is 69.5 Å². The minimum absolute atomic E-state index is 0.127. The minimum Gasteiger partial charge on any atom is -0.371 e. The molecule has 0 saturated heterocycles. The molecular weight excluding hydrogens is 404 g/mol. The molecule has 6 rings (SSSR count). The summed E-state index contributed by atoms with van der Waals surface area (Å²) in [7, 11) is 0. The van der Waals surface area contributed by atoms with Crippen LogP contribution in [0.2, 0.25) is 0 Å². The fraction of sp³-hybridized carbons (Fsp3) is 0.567. The van der Waals surface area contributed by atoms with Gasteiger partial charge in [0.25, 0.3) is 0 Å². The number of carbonyl (C=O) groups is 1. The van der Waals surface area contributed by atoms with Crippen LogP contribution in [0.5, 0.6) is 0 Å². The number of nitrogens with zero attached hydrogens (tertiary/aromatic N) is 2. The summed E-state index contributed by atoms with van der Waals surface area (Å²) >= 11 is 0. The van der Waals surface area contributed by atoms with Crippen molar-refractivity contribution in [2.24, 2.45) is 0 Å². The molecule has 0 saturated carbocycles. The number of ketones is 1. The van der Waals surface area contributed by atoms with Gasteiger partial charge >= 0.3 is 0 Å². The molecule has 0 N–H and O–H groups in total. The van der Waals surface area contributed by atoms with Crippen LogP contribution >= 0.6 is 0 Å². The van der Waals surface area contributed by atoms with Crippen molar-refractivity contribution in [3.8, 4) is 0 Å². The molecule has 1 unspecified atom stereocenters. The SMILES string of the molecule is CCN1c2cc3c(cc2C(C)CC1(C)C)C(=O)c1cc2c4c(c1C3(C)C)CCCN4CCC2. The van der Waals surface area contributed by atoms with E-state index in [-0.39, 0.29) is 16.7 Å². The van der Waals surface area contributed by atoms with Crippen LogP contribution in [0.15, 0.2) is 18.2 Å². The van der Waals surface area contributed by atoms with Gasteiger partial charge in [0.15, 0.2) is 5.78 Å². The van der Waals surface area contributed by atoms with Gasteiger partial charge in [-0.3, -0.25) is 4.79 Å². The average molecular weight is 443 g/mol. The van der Waals surface area contributed by atoms with E-state index in [9.17, 15) is 4.79 Å². The Labute approximate surface area is 199 Å². The molecule has 0 bridgehead atoms. The summed E-state index contributed by atoms with van der Waals surface area (Å²) in [6, 6.07) is 6.96. The Hall–Kier alpha value is -2.29. The molecule has 4 aliphatic rings. The lowest BCUT2D eigenvalue weighted by Gasteiger charge is -2.49. The molecule has 2 aromatic carbocycles. The van der Waals surface area contributed by atoms with Gasteiger partial charge in [-0.1, -0.05) is 20.8 Å². The number of hydrogen-bond donors (Lipinski definition) is 0. The molecule has 1 atom stereocenters. The molecule has 3 aliphatic heterocycles. The standard InChI is InChI=1S/C30H38N2O/c1-7-32-25-16-24-22(15-21(25)18(2)17-29(32,3)4)28(33)23-14-19-10-8-12-31-13-9-11-20(27(19)31)26(23)30(24,5)6/h14-16,18H,7-13,17H2,1-6H3. The fourth-order valence-electron chi connectivity index (χ4n) is 7.86. The third kappa shape index (κ3) is 2.77. The van der Waals surface area contributed by atoms with E-state index in [0.717, 1.165) is 50.0 Å². The van der Waals surface area contributed by atoms with Gasteiger partial charge in [0.2, 0.25) is 0 Å². The van der Waals surface area contributed by atoms with Crippen LogP contribution in [-0.2, 0) is 18.3 Å². The van der Waals surface area contributed by atoms with E-state index in [1.54, 1.807) is 0 Å². The van der Waals surface area contributed by atoms with E-state index in [1.807, 2.05) is 0 Å². The molecule has 2 aromatic rings. The summed E-state index contributed by atoms with van der Waals surface area (Å²) in [6.07, 6.45) is 5.72. The van der Waals surface area contributed by atoms with E-state index >= 15 is 0 Å². The van der Waals surface area contributed by atoms with Crippen molar-refractivity contribution in [2.75, 3.05) is 29.4 Å². The predicted octanol–water partition coefficient (Wildman–Crippen LogP) is 6.37. The lowest BCUT2D eigenvalue weighted by molar-refractivity contribution is 0.103. The number of anilines is 2. The van der Waals surface area contributed by atoms with Crippen LogP contribution < -0.4 is 9.80 Å². The van der Waals surface area contributed by atoms with Crippen molar-refractivity contribution in [3.63, 3.8) is 0 Å². The first-order chi connectivity index (χ1) is 15.6. The van der Waals surface area contributed by atoms with Crippen LogP contribution in [0, 0.1) is 0 Å². The highest BCUT2D eigenvalue weighted by Gasteiger charge is 2.44. The van der Waals surface area contributed by atoms with Crippen LogP contribution in [0.4, 0.5) is 11.4 Å². The Morgan fingerprint density at radius 3 is 2.45 bits per heavy atom. The summed E-state index contributed by atoms with van der Waals surface area (Å²) in [5.41, 5.74) is 11.5. The Bertz CT molecular complexity index is 1190. The molecule has 3 nitrogen and oxygen atoms in total. The highest BCUT2D eigenvalue weighted by atomic mass is 16.1. The van der Waals surface area contributed by atoms with Crippen molar-refractivity contribution in [1.82, 2.24) is 0 Å². The van der Waals surface area contributed by atoms with Gasteiger partial charge in [0, 0.05) is 53.1 Å². The molecular formula is C30H38N2O. The van der Waals surface area contributed by atoms with Crippen molar-refractivity contribution in [2.45, 2.75) is 90.5 Å². The fourth-order valence-corrected chi connectivity index (χ4v) is 7.86. The molecule has 3 heterocycles. The molecule has 3 heteroatoms. The maximum absolute atomic E-state index is 14.1. The second kappa shape index (κ2) is 6.87. The van der Waals surface area contributed by atoms with Gasteiger partial charge < -0.3 is 9.80 Å². The zero-order valence-corrected chi connectivity index (χ0v) is 21.3. The van der Waals surface area contributed by atoms with Crippen LogP contribution in [-0.4, -0.2) is 31.0 Å². The molecule has 0 spiro atoms. The highest BCUT2D eigenvalue weighted by Crippen LogP contribution is 2.52. The third-order valence-electron chi connectivity index (χ3n) is 9.15. The van der Waals surface area contributed by atoms with Gasteiger partial charge in [-0.25, -0.2) is 0 Å². The summed E-state index contributed by atoms with van der Waals surface area (Å²) in [5, 5.41) is 0. The third-order valence-corrected chi connectivity index (χ3v) is 9.15. The second-order valence-corrected chi connectivity index (χ2v) is 12.1. The summed E-state index contributed by atoms with van der Waals surface area (Å²) in [4.78, 5) is 19.3. The quantitative estimate of drug-likeness (QED) is 0.513. The molecule has 0 aromatic heterocycles. The van der Waals surface area contributed by atoms with Crippen molar-refractivity contribution in [1.29, 1.82) is 0 Å². The van der Waals surface area contributed by atoms with Crippen molar-refractivity contribution >= 4 is 17.2 Å². The van der Waals surface area contributed by atoms with E-state index in [1.165, 1.54) is 52.0 Å². The van der Waals surface area contributed by atoms with Gasteiger partial charge in [0.1, 0.15) is 0 Å². The lowest BCUT2D eigenvalue weighted by atomic mass is 9.64. The zero-order valence-electron chi connectivity index (χ0n) is 21.3. The summed E-state index contributed by atoms with van der Waals surface area (Å²) < 4.78 is 0. The Morgan fingerprint density at radius 1 is 1.00 bits per heavy atom. The number of aryl methyl sites for hydroxylation is 1. The molecule has 0 fully saturated rings. The molecule has 0 amide bonds. The largest absolute Gasteiger partial charge is 0.371 e. The smallest absolute Gasteiger partial charge is 0.193 e. The number of hydrogen-bond acceptors (Lipinski definition) is 3. The first kappa shape index (κ1) is 21.3. The van der Waals surface area contributed by atoms with Crippen LogP contribution in [0.25, 0.3) is 0 Å². The van der Waals surface area contributed by atoms with Crippen molar-refractivity contribution in [3.05, 3.63) is 57.1 Å². The maximum Gasteiger partial charge on any atom is 0.193 e. The first-order valence-electron chi connectivity index (χ1n) is 13.1. The van der Waals surface area contributed by atoms with E-state index in [4.69, 9.17) is 0 Å². The number of benzene rings is 2. The highest BCUT2D eigenvalue weighted by molar-refractivity contribution is 6.14. The predicted molar refractivity (Wildman–Crippen MR) is 137 cm³/mol. The number of rotatable bonds is 1. The molecule has 0 radical (unpaired) electrons. The summed E-state index contributed by atoms with van der Waals surface area (Å²) in [6.45, 7) is 17.4. The second-order valence-electron chi connectivity index (χ2n) is 12.1. The average Bonchev–Trinajstić information content (AvgIpc) is 2.77. The Balaban J connectivity index is 1.62. The summed E-state index contributed by atoms with van der Waals surface area (Å²) in [5.74, 6) is 0.711. The Morgan fingerprint density at radius 2 is 1.73 bits per heavy atom. The number of fused-ring (bicyclic) bond motifs is 4. The van der Waals surface area contributed by atoms with Crippen LogP contribution in [0.3, 0.4) is 0 Å². The first-order valence-corrected chi connectivity index (χ1v) is 13.1. The van der Waals surface area contributed by atoms with Crippen LogP contribution in [0.1, 0.15) is 110 Å². The molecule has 174 valence electrons. The molecule has 1 aliphatic carbocycles. The van der Waals surface area contributed by atoms with E-state index in [0.29, 0.717) is 5.92 Å². The topological polar surface area (TPSA) is 23.6 Å². The number of carbonyl (C=O) groups excluding carboxylic acids is 1. The molecule has 33 heavy (non-hydrogen) atoms. The monoisotopic (exact) mass is 442 g/mol. The zero-order chi connectivity index (χ0) is 23.3. The van der Waals surface area contributed by atoms with Gasteiger partial charge in [-0.05, 0) is 105 Å². The Kier molecular flexibility index (Phi) is 4.42. The van der Waals surface area contributed by atoms with Crippen molar-refractivity contribution < 1.29 is 4.79 Å². The van der Waals surface area contributed by atoms with E-state index < -0.39 is 0 Å². The van der Waals surface area contributed by atoms with Gasteiger partial charge in [-0.15, -0.1) is 0 Å². The minimum atomic E-state index is -0.178.